The van der Waals surface area contributed by atoms with Gasteiger partial charge in [0.2, 0.25) is 0 Å². The molecule has 0 spiro atoms. The molecule has 0 saturated heterocycles. The first-order chi connectivity index (χ1) is 8.22. The Morgan fingerprint density at radius 2 is 2.24 bits per heavy atom. The largest absolute Gasteiger partial charge is 0.496 e. The van der Waals surface area contributed by atoms with E-state index in [2.05, 4.69) is 5.43 Å². The highest BCUT2D eigenvalue weighted by Gasteiger charge is 2.20. The molecule has 1 atom stereocenters. The fraction of sp³-hybridized carbons (Fsp3) is 0.333. The molecule has 0 amide bonds. The van der Waals surface area contributed by atoms with E-state index in [1.54, 1.807) is 12.1 Å². The van der Waals surface area contributed by atoms with E-state index in [4.69, 9.17) is 27.9 Å². The number of benzene rings is 1. The zero-order valence-electron chi connectivity index (χ0n) is 9.45. The molecule has 92 valence electrons. The van der Waals surface area contributed by atoms with Gasteiger partial charge in [0.15, 0.2) is 0 Å². The van der Waals surface area contributed by atoms with Crippen LogP contribution in [-0.4, -0.2) is 6.61 Å². The topological polar surface area (TPSA) is 73.3 Å². The lowest BCUT2D eigenvalue weighted by Crippen LogP contribution is -2.31. The van der Waals surface area contributed by atoms with Gasteiger partial charge in [-0.25, -0.2) is 5.43 Å². The van der Waals surface area contributed by atoms with Crippen LogP contribution in [0.5, 0.6) is 0 Å². The summed E-state index contributed by atoms with van der Waals surface area (Å²) in [5.41, 5.74) is 10.2. The van der Waals surface area contributed by atoms with E-state index >= 15 is 0 Å². The van der Waals surface area contributed by atoms with Crippen molar-refractivity contribution in [2.24, 2.45) is 5.84 Å². The van der Waals surface area contributed by atoms with Crippen LogP contribution in [0.25, 0.3) is 0 Å². The Balaban J connectivity index is 2.31. The Bertz CT molecular complexity index is 434. The lowest BCUT2D eigenvalue weighted by atomic mass is 10.0. The van der Waals surface area contributed by atoms with Crippen molar-refractivity contribution in [3.63, 3.8) is 0 Å². The normalized spacial score (nSPS) is 17.2. The van der Waals surface area contributed by atoms with E-state index in [0.717, 1.165) is 30.8 Å². The summed E-state index contributed by atoms with van der Waals surface area (Å²) in [7, 11) is 0. The van der Waals surface area contributed by atoms with Crippen LogP contribution in [0.1, 0.15) is 24.4 Å². The standard InChI is InChI=1S/C12H16ClN3O/c13-8-4-5-9(10(14)7-8)12(16-15)11-3-1-2-6-17-11/h3-5,7,12,16H,1-2,6,14-15H2. The van der Waals surface area contributed by atoms with Crippen LogP contribution in [-0.2, 0) is 4.74 Å². The average Bonchev–Trinajstić information content (AvgIpc) is 2.34. The highest BCUT2D eigenvalue weighted by molar-refractivity contribution is 6.30. The van der Waals surface area contributed by atoms with Crippen LogP contribution >= 0.6 is 11.6 Å². The highest BCUT2D eigenvalue weighted by atomic mass is 35.5. The molecule has 5 N–H and O–H groups in total. The third kappa shape index (κ3) is 2.72. The molecule has 0 bridgehead atoms. The van der Waals surface area contributed by atoms with Gasteiger partial charge in [0.1, 0.15) is 11.8 Å². The zero-order chi connectivity index (χ0) is 12.3. The number of nitrogen functional groups attached to an aromatic ring is 1. The van der Waals surface area contributed by atoms with Crippen molar-refractivity contribution in [3.8, 4) is 0 Å². The molecule has 1 heterocycles. The van der Waals surface area contributed by atoms with Gasteiger partial charge in [-0.05, 0) is 31.1 Å². The molecule has 1 aliphatic heterocycles. The number of hydrazine groups is 1. The van der Waals surface area contributed by atoms with Gasteiger partial charge in [0, 0.05) is 16.3 Å². The quantitative estimate of drug-likeness (QED) is 0.438. The van der Waals surface area contributed by atoms with Gasteiger partial charge in [-0.3, -0.25) is 5.84 Å². The molecule has 2 rings (SSSR count). The second-order valence-electron chi connectivity index (χ2n) is 3.97. The molecule has 0 saturated carbocycles. The number of ether oxygens (including phenoxy) is 1. The van der Waals surface area contributed by atoms with Gasteiger partial charge in [-0.1, -0.05) is 17.7 Å². The van der Waals surface area contributed by atoms with Gasteiger partial charge in [-0.2, -0.15) is 0 Å². The summed E-state index contributed by atoms with van der Waals surface area (Å²) in [6.45, 7) is 0.720. The van der Waals surface area contributed by atoms with E-state index in [-0.39, 0.29) is 6.04 Å². The second kappa shape index (κ2) is 5.40. The summed E-state index contributed by atoms with van der Waals surface area (Å²) in [5, 5.41) is 0.612. The molecule has 4 nitrogen and oxygen atoms in total. The van der Waals surface area contributed by atoms with Crippen LogP contribution in [0.15, 0.2) is 30.0 Å². The first-order valence-electron chi connectivity index (χ1n) is 5.56. The molecule has 0 radical (unpaired) electrons. The summed E-state index contributed by atoms with van der Waals surface area (Å²) in [6, 6.07) is 5.15. The summed E-state index contributed by atoms with van der Waals surface area (Å²) < 4.78 is 5.60. The van der Waals surface area contributed by atoms with Crippen molar-refractivity contribution in [2.75, 3.05) is 12.3 Å². The first-order valence-corrected chi connectivity index (χ1v) is 5.94. The van der Waals surface area contributed by atoms with Gasteiger partial charge in [-0.15, -0.1) is 0 Å². The molecule has 0 fully saturated rings. The maximum atomic E-state index is 5.94. The van der Waals surface area contributed by atoms with Crippen molar-refractivity contribution in [1.29, 1.82) is 0 Å². The lowest BCUT2D eigenvalue weighted by Gasteiger charge is -2.24. The molecule has 1 aromatic rings. The minimum Gasteiger partial charge on any atom is -0.496 e. The molecule has 0 aliphatic carbocycles. The van der Waals surface area contributed by atoms with Gasteiger partial charge < -0.3 is 10.5 Å². The smallest absolute Gasteiger partial charge is 0.115 e. The Labute approximate surface area is 106 Å². The van der Waals surface area contributed by atoms with E-state index in [0.29, 0.717) is 10.7 Å². The first kappa shape index (κ1) is 12.2. The maximum absolute atomic E-state index is 5.94. The third-order valence-electron chi connectivity index (χ3n) is 2.77. The Morgan fingerprint density at radius 3 is 2.82 bits per heavy atom. The summed E-state index contributed by atoms with van der Waals surface area (Å²) in [6.07, 6.45) is 4.08. The predicted octanol–water partition coefficient (Wildman–Crippen LogP) is 2.12. The number of anilines is 1. The maximum Gasteiger partial charge on any atom is 0.115 e. The van der Waals surface area contributed by atoms with Crippen LogP contribution in [0.4, 0.5) is 5.69 Å². The molecule has 5 heteroatoms. The van der Waals surface area contributed by atoms with Crippen LogP contribution in [0, 0.1) is 0 Å². The second-order valence-corrected chi connectivity index (χ2v) is 4.41. The molecular weight excluding hydrogens is 238 g/mol. The number of allylic oxidation sites excluding steroid dienone is 1. The van der Waals surface area contributed by atoms with Crippen molar-refractivity contribution < 1.29 is 4.74 Å². The number of nitrogens with one attached hydrogen (secondary N) is 1. The average molecular weight is 254 g/mol. The number of hydrogen-bond acceptors (Lipinski definition) is 4. The summed E-state index contributed by atoms with van der Waals surface area (Å²) >= 11 is 5.87. The Kier molecular flexibility index (Phi) is 3.89. The van der Waals surface area contributed by atoms with Crippen molar-refractivity contribution in [1.82, 2.24) is 5.43 Å². The summed E-state index contributed by atoms with van der Waals surface area (Å²) in [5.74, 6) is 6.41. The van der Waals surface area contributed by atoms with E-state index in [1.165, 1.54) is 0 Å². The SMILES string of the molecule is NNC(C1=CCCCO1)c1ccc(Cl)cc1N. The molecule has 17 heavy (non-hydrogen) atoms. The van der Waals surface area contributed by atoms with Gasteiger partial charge in [0.05, 0.1) is 6.61 Å². The Morgan fingerprint density at radius 1 is 1.41 bits per heavy atom. The molecular formula is C12H16ClN3O. The number of nitrogens with two attached hydrogens (primary N) is 2. The van der Waals surface area contributed by atoms with Crippen LogP contribution in [0.2, 0.25) is 5.02 Å². The number of rotatable bonds is 3. The van der Waals surface area contributed by atoms with Gasteiger partial charge in [0.25, 0.3) is 0 Å². The fourth-order valence-corrected chi connectivity index (χ4v) is 2.09. The minimum absolute atomic E-state index is 0.215. The van der Waals surface area contributed by atoms with Crippen molar-refractivity contribution in [3.05, 3.63) is 40.6 Å². The summed E-state index contributed by atoms with van der Waals surface area (Å²) in [4.78, 5) is 0. The van der Waals surface area contributed by atoms with E-state index in [9.17, 15) is 0 Å². The van der Waals surface area contributed by atoms with Gasteiger partial charge >= 0.3 is 0 Å². The lowest BCUT2D eigenvalue weighted by molar-refractivity contribution is 0.168. The number of hydrogen-bond donors (Lipinski definition) is 3. The highest BCUT2D eigenvalue weighted by Crippen LogP contribution is 2.30. The van der Waals surface area contributed by atoms with Crippen LogP contribution < -0.4 is 17.0 Å². The van der Waals surface area contributed by atoms with Crippen molar-refractivity contribution >= 4 is 17.3 Å². The Hall–Kier alpha value is -1.23. The monoisotopic (exact) mass is 253 g/mol. The van der Waals surface area contributed by atoms with E-state index in [1.807, 2.05) is 12.1 Å². The molecule has 0 aromatic heterocycles. The third-order valence-corrected chi connectivity index (χ3v) is 3.01. The molecule has 1 unspecified atom stereocenters. The van der Waals surface area contributed by atoms with Crippen molar-refractivity contribution in [2.45, 2.75) is 18.9 Å². The molecule has 1 aliphatic rings. The number of halogens is 1. The van der Waals surface area contributed by atoms with Crippen LogP contribution in [0.3, 0.4) is 0 Å². The van der Waals surface area contributed by atoms with E-state index < -0.39 is 0 Å². The molecule has 1 aromatic carbocycles. The minimum atomic E-state index is -0.215. The zero-order valence-corrected chi connectivity index (χ0v) is 10.2. The fourth-order valence-electron chi connectivity index (χ4n) is 1.91. The predicted molar refractivity (Wildman–Crippen MR) is 69.2 cm³/mol.